The van der Waals surface area contributed by atoms with E-state index < -0.39 is 15.4 Å². The molecule has 0 atom stereocenters. The number of fused-ring (bicyclic) bond motifs is 1. The summed E-state index contributed by atoms with van der Waals surface area (Å²) in [5.74, 6) is 0.761. The van der Waals surface area contributed by atoms with Crippen molar-refractivity contribution >= 4 is 27.3 Å². The molecule has 3 rings (SSSR count). The summed E-state index contributed by atoms with van der Waals surface area (Å²) in [4.78, 5) is 14.5. The predicted octanol–water partition coefficient (Wildman–Crippen LogP) is 3.57. The van der Waals surface area contributed by atoms with Crippen molar-refractivity contribution in [3.63, 3.8) is 0 Å². The van der Waals surface area contributed by atoms with Gasteiger partial charge in [0, 0.05) is 12.6 Å². The number of carbonyl (C=O) groups is 1. The third-order valence-electron chi connectivity index (χ3n) is 4.74. The lowest BCUT2D eigenvalue weighted by atomic mass is 9.93. The predicted molar refractivity (Wildman–Crippen MR) is 118 cm³/mol. The number of nitrogens with one attached hydrogen (secondary N) is 1. The quantitative estimate of drug-likeness (QED) is 0.679. The van der Waals surface area contributed by atoms with E-state index in [9.17, 15) is 13.2 Å². The lowest BCUT2D eigenvalue weighted by Crippen LogP contribution is -2.42. The summed E-state index contributed by atoms with van der Waals surface area (Å²) in [5.41, 5.74) is 0.842. The van der Waals surface area contributed by atoms with Crippen molar-refractivity contribution < 1.29 is 22.7 Å². The fourth-order valence-corrected chi connectivity index (χ4v) is 4.40. The molecule has 0 unspecified atom stereocenters. The molecule has 0 aliphatic carbocycles. The molecular formula is C22H26N2O5S. The van der Waals surface area contributed by atoms with Gasteiger partial charge in [0.15, 0.2) is 0 Å². The second-order valence-corrected chi connectivity index (χ2v) is 9.49. The number of hydrogen-bond donors (Lipinski definition) is 1. The highest BCUT2D eigenvalue weighted by molar-refractivity contribution is 7.91. The number of ether oxygens (including phenoxy) is 2. The van der Waals surface area contributed by atoms with Gasteiger partial charge < -0.3 is 14.4 Å². The topological polar surface area (TPSA) is 84.9 Å². The highest BCUT2D eigenvalue weighted by Crippen LogP contribution is 2.38. The summed E-state index contributed by atoms with van der Waals surface area (Å²) in [7, 11) is -2.13. The number of sulfonamides is 1. The fraction of sp³-hybridized carbons (Fsp3) is 0.318. The summed E-state index contributed by atoms with van der Waals surface area (Å²) in [6, 6.07) is 11.8. The van der Waals surface area contributed by atoms with Gasteiger partial charge in [0.05, 0.1) is 29.7 Å². The zero-order valence-corrected chi connectivity index (χ0v) is 18.2. The molecule has 30 heavy (non-hydrogen) atoms. The number of hydrogen-bond acceptors (Lipinski definition) is 5. The third-order valence-corrected chi connectivity index (χ3v) is 6.00. The molecule has 1 heterocycles. The van der Waals surface area contributed by atoms with Crippen LogP contribution < -0.4 is 19.1 Å². The van der Waals surface area contributed by atoms with Gasteiger partial charge in [-0.05, 0) is 43.7 Å². The number of rotatable bonds is 7. The summed E-state index contributed by atoms with van der Waals surface area (Å²) in [5, 5.41) is 0. The van der Waals surface area contributed by atoms with E-state index in [0.717, 1.165) is 0 Å². The number of carbonyl (C=O) groups excluding carboxylic acids is 1. The molecular weight excluding hydrogens is 404 g/mol. The number of methoxy groups -OCH3 is 1. The molecule has 1 aliphatic heterocycles. The Hall–Kier alpha value is -3.00. The summed E-state index contributed by atoms with van der Waals surface area (Å²) in [6.07, 6.45) is 1.65. The summed E-state index contributed by atoms with van der Waals surface area (Å²) in [6.45, 7) is 7.87. The molecule has 1 aliphatic rings. The minimum atomic E-state index is -3.66. The molecule has 0 spiro atoms. The minimum Gasteiger partial charge on any atom is -0.497 e. The van der Waals surface area contributed by atoms with Gasteiger partial charge in [-0.1, -0.05) is 18.2 Å². The number of benzene rings is 2. The zero-order chi connectivity index (χ0) is 21.9. The Morgan fingerprint density at radius 2 is 2.03 bits per heavy atom. The van der Waals surface area contributed by atoms with Crippen LogP contribution in [0.1, 0.15) is 19.4 Å². The number of amides is 1. The van der Waals surface area contributed by atoms with E-state index in [-0.39, 0.29) is 18.3 Å². The van der Waals surface area contributed by atoms with Crippen molar-refractivity contribution in [2.24, 2.45) is 5.41 Å². The van der Waals surface area contributed by atoms with E-state index in [1.54, 1.807) is 53.4 Å². The van der Waals surface area contributed by atoms with E-state index in [1.807, 2.05) is 13.8 Å². The van der Waals surface area contributed by atoms with Gasteiger partial charge in [-0.15, -0.1) is 6.58 Å². The Bertz CT molecular complexity index is 1060. The number of anilines is 2. The maximum atomic E-state index is 12.9. The average molecular weight is 431 g/mol. The smallest absolute Gasteiger partial charge is 0.236 e. The third kappa shape index (κ3) is 4.76. The maximum Gasteiger partial charge on any atom is 0.236 e. The molecule has 0 aromatic heterocycles. The molecule has 2 aromatic rings. The fourth-order valence-electron chi connectivity index (χ4n) is 3.22. The van der Waals surface area contributed by atoms with Crippen LogP contribution in [0.5, 0.6) is 11.5 Å². The van der Waals surface area contributed by atoms with Crippen molar-refractivity contribution in [3.05, 3.63) is 60.7 Å². The molecule has 7 nitrogen and oxygen atoms in total. The van der Waals surface area contributed by atoms with Crippen molar-refractivity contribution in [3.8, 4) is 11.5 Å². The van der Waals surface area contributed by atoms with Gasteiger partial charge in [-0.3, -0.25) is 9.52 Å². The van der Waals surface area contributed by atoms with Crippen LogP contribution in [-0.2, 0) is 20.6 Å². The summed E-state index contributed by atoms with van der Waals surface area (Å²) >= 11 is 0. The van der Waals surface area contributed by atoms with Crippen LogP contribution in [-0.4, -0.2) is 34.6 Å². The van der Waals surface area contributed by atoms with Crippen LogP contribution >= 0.6 is 0 Å². The van der Waals surface area contributed by atoms with E-state index in [4.69, 9.17) is 9.47 Å². The molecule has 2 aromatic carbocycles. The van der Waals surface area contributed by atoms with Crippen molar-refractivity contribution in [1.29, 1.82) is 0 Å². The highest BCUT2D eigenvalue weighted by atomic mass is 32.2. The van der Waals surface area contributed by atoms with E-state index in [0.29, 0.717) is 35.0 Å². The van der Waals surface area contributed by atoms with E-state index in [1.165, 1.54) is 7.11 Å². The van der Waals surface area contributed by atoms with Crippen LogP contribution in [0.2, 0.25) is 0 Å². The van der Waals surface area contributed by atoms with Crippen LogP contribution in [0.3, 0.4) is 0 Å². The lowest BCUT2D eigenvalue weighted by Gasteiger charge is -2.27. The molecule has 0 radical (unpaired) electrons. The first-order chi connectivity index (χ1) is 14.1. The molecule has 0 bridgehead atoms. The monoisotopic (exact) mass is 430 g/mol. The molecule has 1 N–H and O–H groups in total. The Kier molecular flexibility index (Phi) is 6.07. The summed E-state index contributed by atoms with van der Waals surface area (Å²) < 4.78 is 38.9. The number of nitrogens with zero attached hydrogens (tertiary/aromatic N) is 1. The largest absolute Gasteiger partial charge is 0.497 e. The zero-order valence-electron chi connectivity index (χ0n) is 17.3. The van der Waals surface area contributed by atoms with Crippen LogP contribution in [0.25, 0.3) is 0 Å². The second kappa shape index (κ2) is 8.39. The first-order valence-corrected chi connectivity index (χ1v) is 11.1. The SMILES string of the molecule is C=CCN1C(=O)C(C)(C)COc2cc(NS(=O)(=O)Cc3cccc(OC)c3)ccc21. The molecule has 1 amide bonds. The van der Waals surface area contributed by atoms with Gasteiger partial charge in [0.1, 0.15) is 18.1 Å². The van der Waals surface area contributed by atoms with Crippen molar-refractivity contribution in [1.82, 2.24) is 0 Å². The van der Waals surface area contributed by atoms with Gasteiger partial charge in [-0.2, -0.15) is 0 Å². The van der Waals surface area contributed by atoms with Gasteiger partial charge in [-0.25, -0.2) is 8.42 Å². The van der Waals surface area contributed by atoms with E-state index in [2.05, 4.69) is 11.3 Å². The maximum absolute atomic E-state index is 12.9. The molecule has 0 saturated carbocycles. The Balaban J connectivity index is 1.86. The Labute approximate surface area is 177 Å². The van der Waals surface area contributed by atoms with Gasteiger partial charge in [0.2, 0.25) is 15.9 Å². The first-order valence-electron chi connectivity index (χ1n) is 9.48. The standard InChI is InChI=1S/C22H26N2O5S/c1-5-11-24-19-10-9-17(13-20(19)29-15-22(2,3)21(24)25)23-30(26,27)14-16-7-6-8-18(12-16)28-4/h5-10,12-13,23H,1,11,14-15H2,2-4H3. The van der Waals surface area contributed by atoms with Crippen LogP contribution in [0.4, 0.5) is 11.4 Å². The molecule has 0 fully saturated rings. The Morgan fingerprint density at radius 3 is 2.73 bits per heavy atom. The van der Waals surface area contributed by atoms with E-state index >= 15 is 0 Å². The Morgan fingerprint density at radius 1 is 1.27 bits per heavy atom. The first kappa shape index (κ1) is 21.7. The van der Waals surface area contributed by atoms with Gasteiger partial charge >= 0.3 is 0 Å². The molecule has 160 valence electrons. The molecule has 8 heteroatoms. The second-order valence-electron chi connectivity index (χ2n) is 7.77. The van der Waals surface area contributed by atoms with Crippen molar-refractivity contribution in [2.45, 2.75) is 19.6 Å². The normalized spacial score (nSPS) is 15.6. The molecule has 0 saturated heterocycles. The van der Waals surface area contributed by atoms with Crippen LogP contribution in [0, 0.1) is 5.41 Å². The van der Waals surface area contributed by atoms with Crippen LogP contribution in [0.15, 0.2) is 55.1 Å². The lowest BCUT2D eigenvalue weighted by molar-refractivity contribution is -0.127. The average Bonchev–Trinajstić information content (AvgIpc) is 2.78. The van der Waals surface area contributed by atoms with Gasteiger partial charge in [0.25, 0.3) is 0 Å². The minimum absolute atomic E-state index is 0.0764. The highest BCUT2D eigenvalue weighted by Gasteiger charge is 2.37. The van der Waals surface area contributed by atoms with Crippen molar-refractivity contribution in [2.75, 3.05) is 29.9 Å².